The Balaban J connectivity index is 2.40. The summed E-state index contributed by atoms with van der Waals surface area (Å²) in [5, 5.41) is 8.92. The summed E-state index contributed by atoms with van der Waals surface area (Å²) in [4.78, 5) is 10.7. The number of fused-ring (bicyclic) bond motifs is 1. The highest BCUT2D eigenvalue weighted by atomic mass is 16.8. The number of aliphatic hydroxyl groups is 1. The summed E-state index contributed by atoms with van der Waals surface area (Å²) in [6.07, 6.45) is 0. The molecule has 0 bridgehead atoms. The van der Waals surface area contributed by atoms with Crippen molar-refractivity contribution < 1.29 is 19.4 Å². The molecule has 1 unspecified atom stereocenters. The molecule has 1 aromatic carbocycles. The Labute approximate surface area is 73.7 Å². The van der Waals surface area contributed by atoms with Gasteiger partial charge >= 0.3 is 6.48 Å². The average molecular weight is 181 g/mol. The van der Waals surface area contributed by atoms with Crippen molar-refractivity contribution in [1.29, 1.82) is 0 Å². The molecule has 0 spiro atoms. The number of benzene rings is 1. The number of primary amides is 1. The largest absolute Gasteiger partial charge is 0.428 e. The van der Waals surface area contributed by atoms with E-state index in [0.717, 1.165) is 0 Å². The van der Waals surface area contributed by atoms with Crippen LogP contribution in [0.2, 0.25) is 0 Å². The molecular weight excluding hydrogens is 174 g/mol. The Bertz CT molecular complexity index is 363. The number of ether oxygens (including phenoxy) is 2. The van der Waals surface area contributed by atoms with Crippen LogP contribution in [0, 0.1) is 0 Å². The molecule has 0 saturated carbocycles. The lowest BCUT2D eigenvalue weighted by molar-refractivity contribution is -0.133. The van der Waals surface area contributed by atoms with E-state index in [1.54, 1.807) is 0 Å². The first-order valence-electron chi connectivity index (χ1n) is 3.62. The predicted molar refractivity (Wildman–Crippen MR) is 42.2 cm³/mol. The maximum Gasteiger partial charge on any atom is 0.358 e. The first kappa shape index (κ1) is 7.88. The molecule has 0 radical (unpaired) electrons. The molecule has 1 atom stereocenters. The fourth-order valence-electron chi connectivity index (χ4n) is 1.09. The van der Waals surface area contributed by atoms with Gasteiger partial charge in [-0.1, -0.05) is 0 Å². The van der Waals surface area contributed by atoms with Crippen molar-refractivity contribution in [2.24, 2.45) is 5.73 Å². The van der Waals surface area contributed by atoms with E-state index >= 15 is 0 Å². The monoisotopic (exact) mass is 181 g/mol. The van der Waals surface area contributed by atoms with E-state index in [9.17, 15) is 4.79 Å². The van der Waals surface area contributed by atoms with Gasteiger partial charge in [0.2, 0.25) is 5.91 Å². The van der Waals surface area contributed by atoms with E-state index in [1.807, 2.05) is 0 Å². The molecule has 5 nitrogen and oxygen atoms in total. The van der Waals surface area contributed by atoms with E-state index in [-0.39, 0.29) is 0 Å². The Morgan fingerprint density at radius 3 is 2.77 bits per heavy atom. The van der Waals surface area contributed by atoms with Gasteiger partial charge in [0.05, 0.1) is 0 Å². The smallest absolute Gasteiger partial charge is 0.358 e. The molecule has 1 aliphatic heterocycles. The Hall–Kier alpha value is -1.75. The van der Waals surface area contributed by atoms with Crippen molar-refractivity contribution in [1.82, 2.24) is 0 Å². The predicted octanol–water partition coefficient (Wildman–Crippen LogP) is -0.167. The standard InChI is InChI=1S/C8H7NO4/c9-7(10)4-1-2-5-6(3-4)13-8(11)12-5/h1-3,8,11H,(H2,9,10). The lowest BCUT2D eigenvalue weighted by Gasteiger charge is -1.98. The van der Waals surface area contributed by atoms with Gasteiger partial charge in [-0.3, -0.25) is 4.79 Å². The summed E-state index contributed by atoms with van der Waals surface area (Å²) in [7, 11) is 0. The minimum atomic E-state index is -1.29. The molecule has 1 heterocycles. The minimum Gasteiger partial charge on any atom is -0.428 e. The van der Waals surface area contributed by atoms with Crippen LogP contribution in [-0.4, -0.2) is 17.5 Å². The number of carbonyl (C=O) groups excluding carboxylic acids is 1. The third-order valence-corrected chi connectivity index (χ3v) is 1.68. The third-order valence-electron chi connectivity index (χ3n) is 1.68. The molecule has 1 aliphatic rings. The average Bonchev–Trinajstić information content (AvgIpc) is 2.42. The van der Waals surface area contributed by atoms with Gasteiger partial charge in [0, 0.05) is 5.56 Å². The summed E-state index contributed by atoms with van der Waals surface area (Å²) < 4.78 is 9.65. The van der Waals surface area contributed by atoms with E-state index in [4.69, 9.17) is 20.3 Å². The number of carbonyl (C=O) groups is 1. The second kappa shape index (κ2) is 2.63. The zero-order valence-corrected chi connectivity index (χ0v) is 6.56. The molecule has 2 rings (SSSR count). The maximum absolute atomic E-state index is 10.7. The number of rotatable bonds is 1. The summed E-state index contributed by atoms with van der Waals surface area (Å²) in [6.45, 7) is -1.29. The van der Waals surface area contributed by atoms with Crippen LogP contribution in [0.3, 0.4) is 0 Å². The van der Waals surface area contributed by atoms with Gasteiger partial charge in [0.1, 0.15) is 0 Å². The highest BCUT2D eigenvalue weighted by molar-refractivity contribution is 5.93. The molecular formula is C8H7NO4. The SMILES string of the molecule is NC(=O)c1ccc2c(c1)OC(O)O2. The van der Waals surface area contributed by atoms with Crippen molar-refractivity contribution in [3.05, 3.63) is 23.8 Å². The zero-order chi connectivity index (χ0) is 9.42. The van der Waals surface area contributed by atoms with Gasteiger partial charge < -0.3 is 20.3 Å². The van der Waals surface area contributed by atoms with Crippen molar-refractivity contribution in [3.63, 3.8) is 0 Å². The Morgan fingerprint density at radius 2 is 2.08 bits per heavy atom. The summed E-state index contributed by atoms with van der Waals surface area (Å²) in [5.41, 5.74) is 5.36. The van der Waals surface area contributed by atoms with E-state index in [1.165, 1.54) is 18.2 Å². The molecule has 13 heavy (non-hydrogen) atoms. The van der Waals surface area contributed by atoms with Gasteiger partial charge in [0.25, 0.3) is 0 Å². The molecule has 0 saturated heterocycles. The van der Waals surface area contributed by atoms with Crippen LogP contribution in [0.5, 0.6) is 11.5 Å². The lowest BCUT2D eigenvalue weighted by atomic mass is 10.2. The molecule has 0 aliphatic carbocycles. The van der Waals surface area contributed by atoms with Gasteiger partial charge in [-0.05, 0) is 18.2 Å². The van der Waals surface area contributed by atoms with Crippen LogP contribution in [0.15, 0.2) is 18.2 Å². The van der Waals surface area contributed by atoms with Crippen LogP contribution in [0.4, 0.5) is 0 Å². The molecule has 1 aromatic rings. The molecule has 68 valence electrons. The summed E-state index contributed by atoms with van der Waals surface area (Å²) in [6, 6.07) is 4.45. The van der Waals surface area contributed by atoms with Crippen LogP contribution in [0.25, 0.3) is 0 Å². The molecule has 1 amide bonds. The first-order valence-corrected chi connectivity index (χ1v) is 3.62. The van der Waals surface area contributed by atoms with E-state index in [2.05, 4.69) is 0 Å². The van der Waals surface area contributed by atoms with E-state index in [0.29, 0.717) is 17.1 Å². The van der Waals surface area contributed by atoms with Crippen LogP contribution >= 0.6 is 0 Å². The van der Waals surface area contributed by atoms with Crippen LogP contribution in [0.1, 0.15) is 10.4 Å². The van der Waals surface area contributed by atoms with Crippen molar-refractivity contribution in [2.45, 2.75) is 6.48 Å². The van der Waals surface area contributed by atoms with Crippen LogP contribution in [-0.2, 0) is 0 Å². The Kier molecular flexibility index (Phi) is 1.60. The quantitative estimate of drug-likeness (QED) is 0.630. The van der Waals surface area contributed by atoms with Gasteiger partial charge in [-0.15, -0.1) is 0 Å². The molecule has 3 N–H and O–H groups in total. The van der Waals surface area contributed by atoms with Gasteiger partial charge in [0.15, 0.2) is 11.5 Å². The molecule has 0 aromatic heterocycles. The topological polar surface area (TPSA) is 81.8 Å². The third kappa shape index (κ3) is 1.29. The summed E-state index contributed by atoms with van der Waals surface area (Å²) in [5.74, 6) is 0.175. The number of nitrogens with two attached hydrogens (primary N) is 1. The lowest BCUT2D eigenvalue weighted by Crippen LogP contribution is -2.15. The number of amides is 1. The second-order valence-corrected chi connectivity index (χ2v) is 2.57. The Morgan fingerprint density at radius 1 is 1.38 bits per heavy atom. The molecule has 5 heteroatoms. The van der Waals surface area contributed by atoms with Crippen LogP contribution < -0.4 is 15.2 Å². The van der Waals surface area contributed by atoms with Crippen molar-refractivity contribution >= 4 is 5.91 Å². The van der Waals surface area contributed by atoms with Gasteiger partial charge in [-0.2, -0.15) is 0 Å². The minimum absolute atomic E-state index is 0.316. The summed E-state index contributed by atoms with van der Waals surface area (Å²) >= 11 is 0. The first-order chi connectivity index (χ1) is 6.16. The highest BCUT2D eigenvalue weighted by Crippen LogP contribution is 2.34. The number of hydrogen-bond donors (Lipinski definition) is 2. The van der Waals surface area contributed by atoms with Crippen molar-refractivity contribution in [2.75, 3.05) is 0 Å². The zero-order valence-electron chi connectivity index (χ0n) is 6.56. The number of aliphatic hydroxyl groups excluding tert-OH is 1. The van der Waals surface area contributed by atoms with Crippen molar-refractivity contribution in [3.8, 4) is 11.5 Å². The fraction of sp³-hybridized carbons (Fsp3) is 0.125. The van der Waals surface area contributed by atoms with Gasteiger partial charge in [-0.25, -0.2) is 0 Å². The fourth-order valence-corrected chi connectivity index (χ4v) is 1.09. The van der Waals surface area contributed by atoms with E-state index < -0.39 is 12.4 Å². The second-order valence-electron chi connectivity index (χ2n) is 2.57. The number of hydrogen-bond acceptors (Lipinski definition) is 4. The molecule has 0 fully saturated rings. The normalized spacial score (nSPS) is 18.7. The highest BCUT2D eigenvalue weighted by Gasteiger charge is 2.22. The maximum atomic E-state index is 10.7.